The fourth-order valence-electron chi connectivity index (χ4n) is 7.45. The number of hydrogen-bond donors (Lipinski definition) is 0. The highest BCUT2D eigenvalue weighted by Gasteiger charge is 2.38. The standard InChI is InChI=1S/C33H52/c1-5-6-7-9-12-26(4)32(27-13-10-8-11-14-27)23-30-18-17-29(22-33(30)28-15-16-28)31-20-24(2)19-25(3)21-31/h8,10,20-22,24,26-30,32H,5-7,9,11-19,23H2,1-4H3. The monoisotopic (exact) mass is 448 g/mol. The van der Waals surface area contributed by atoms with Gasteiger partial charge in [0.2, 0.25) is 0 Å². The summed E-state index contributed by atoms with van der Waals surface area (Å²) in [7, 11) is 0. The third kappa shape index (κ3) is 6.99. The van der Waals surface area contributed by atoms with Crippen LogP contribution in [-0.2, 0) is 0 Å². The Morgan fingerprint density at radius 2 is 1.82 bits per heavy atom. The van der Waals surface area contributed by atoms with E-state index < -0.39 is 0 Å². The minimum absolute atomic E-state index is 0.692. The van der Waals surface area contributed by atoms with Gasteiger partial charge in [-0.25, -0.2) is 0 Å². The molecule has 0 aliphatic heterocycles. The van der Waals surface area contributed by atoms with Gasteiger partial charge in [-0.05, 0) is 106 Å². The van der Waals surface area contributed by atoms with Crippen molar-refractivity contribution in [1.82, 2.24) is 0 Å². The molecule has 4 aliphatic carbocycles. The summed E-state index contributed by atoms with van der Waals surface area (Å²) < 4.78 is 0. The van der Waals surface area contributed by atoms with Gasteiger partial charge in [-0.15, -0.1) is 0 Å². The van der Waals surface area contributed by atoms with E-state index in [1.807, 2.05) is 5.57 Å². The average Bonchev–Trinajstić information content (AvgIpc) is 3.65. The third-order valence-electron chi connectivity index (χ3n) is 9.42. The Morgan fingerprint density at radius 3 is 2.52 bits per heavy atom. The maximum absolute atomic E-state index is 2.79. The second kappa shape index (κ2) is 12.1. The van der Waals surface area contributed by atoms with Crippen LogP contribution in [0.2, 0.25) is 0 Å². The largest absolute Gasteiger partial charge is 0.0885 e. The molecule has 0 radical (unpaired) electrons. The molecule has 0 heterocycles. The lowest BCUT2D eigenvalue weighted by Gasteiger charge is -2.39. The quantitative estimate of drug-likeness (QED) is 0.218. The first-order valence-electron chi connectivity index (χ1n) is 14.8. The SMILES string of the molecule is CCCCCCC(C)C(CC1CCC(C2=CC(C)CC(C)=C2)C=C1C1CC1)C1CC=CCC1. The van der Waals surface area contributed by atoms with Crippen LogP contribution in [0.3, 0.4) is 0 Å². The van der Waals surface area contributed by atoms with E-state index in [4.69, 9.17) is 0 Å². The minimum Gasteiger partial charge on any atom is -0.0885 e. The molecule has 0 nitrogen and oxygen atoms in total. The topological polar surface area (TPSA) is 0 Å². The van der Waals surface area contributed by atoms with Crippen molar-refractivity contribution in [3.05, 3.63) is 47.1 Å². The zero-order valence-electron chi connectivity index (χ0n) is 22.3. The number of rotatable bonds is 11. The van der Waals surface area contributed by atoms with Crippen LogP contribution in [0.25, 0.3) is 0 Å². The molecule has 6 atom stereocenters. The van der Waals surface area contributed by atoms with Crippen molar-refractivity contribution >= 4 is 0 Å². The van der Waals surface area contributed by atoms with Gasteiger partial charge in [0.05, 0.1) is 0 Å². The molecule has 4 aliphatic rings. The Labute approximate surface area is 206 Å². The molecule has 0 aromatic rings. The van der Waals surface area contributed by atoms with Crippen molar-refractivity contribution in [3.63, 3.8) is 0 Å². The zero-order valence-corrected chi connectivity index (χ0v) is 22.3. The molecule has 33 heavy (non-hydrogen) atoms. The molecule has 0 spiro atoms. The van der Waals surface area contributed by atoms with Crippen molar-refractivity contribution in [3.8, 4) is 0 Å². The Bertz CT molecular complexity index is 742. The molecule has 0 bridgehead atoms. The van der Waals surface area contributed by atoms with E-state index in [-0.39, 0.29) is 0 Å². The molecule has 1 saturated carbocycles. The molecule has 0 aromatic heterocycles. The van der Waals surface area contributed by atoms with E-state index in [1.165, 1.54) is 89.9 Å². The maximum Gasteiger partial charge on any atom is 0.00180 e. The second-order valence-electron chi connectivity index (χ2n) is 12.4. The Hall–Kier alpha value is -1.04. The van der Waals surface area contributed by atoms with Gasteiger partial charge in [-0.3, -0.25) is 0 Å². The first-order chi connectivity index (χ1) is 16.0. The Kier molecular flexibility index (Phi) is 9.18. The summed E-state index contributed by atoms with van der Waals surface area (Å²) in [6.45, 7) is 9.69. The summed E-state index contributed by atoms with van der Waals surface area (Å²) in [4.78, 5) is 0. The molecule has 184 valence electrons. The highest BCUT2D eigenvalue weighted by Crippen LogP contribution is 2.50. The molecule has 6 unspecified atom stereocenters. The van der Waals surface area contributed by atoms with Crippen molar-refractivity contribution in [2.24, 2.45) is 41.4 Å². The predicted octanol–water partition coefficient (Wildman–Crippen LogP) is 10.2. The van der Waals surface area contributed by atoms with Gasteiger partial charge in [0, 0.05) is 5.92 Å². The summed E-state index contributed by atoms with van der Waals surface area (Å²) >= 11 is 0. The van der Waals surface area contributed by atoms with Crippen molar-refractivity contribution in [2.75, 3.05) is 0 Å². The van der Waals surface area contributed by atoms with Gasteiger partial charge in [-0.1, -0.05) is 94.4 Å². The highest BCUT2D eigenvalue weighted by molar-refractivity contribution is 5.36. The molecular formula is C33H52. The number of unbranched alkanes of at least 4 members (excludes halogenated alkanes) is 3. The van der Waals surface area contributed by atoms with Crippen LogP contribution < -0.4 is 0 Å². The minimum atomic E-state index is 0.692. The first-order valence-corrected chi connectivity index (χ1v) is 14.8. The molecule has 0 aromatic carbocycles. The second-order valence-corrected chi connectivity index (χ2v) is 12.4. The van der Waals surface area contributed by atoms with Crippen LogP contribution in [0.15, 0.2) is 47.1 Å². The van der Waals surface area contributed by atoms with E-state index in [0.717, 1.165) is 35.5 Å². The van der Waals surface area contributed by atoms with Gasteiger partial charge < -0.3 is 0 Å². The maximum atomic E-state index is 2.79. The van der Waals surface area contributed by atoms with Crippen molar-refractivity contribution < 1.29 is 0 Å². The van der Waals surface area contributed by atoms with Crippen LogP contribution in [0.4, 0.5) is 0 Å². The van der Waals surface area contributed by atoms with Gasteiger partial charge >= 0.3 is 0 Å². The molecule has 1 fully saturated rings. The molecular weight excluding hydrogens is 396 g/mol. The summed E-state index contributed by atoms with van der Waals surface area (Å²) in [5.74, 6) is 5.96. The smallest absolute Gasteiger partial charge is 0.00180 e. The fourth-order valence-corrected chi connectivity index (χ4v) is 7.45. The lowest BCUT2D eigenvalue weighted by atomic mass is 9.67. The van der Waals surface area contributed by atoms with Crippen LogP contribution in [0.1, 0.15) is 118 Å². The fraction of sp³-hybridized carbons (Fsp3) is 0.758. The average molecular weight is 449 g/mol. The van der Waals surface area contributed by atoms with Gasteiger partial charge in [0.1, 0.15) is 0 Å². The van der Waals surface area contributed by atoms with E-state index in [2.05, 4.69) is 58.1 Å². The molecule has 0 N–H and O–H groups in total. The van der Waals surface area contributed by atoms with Gasteiger partial charge in [-0.2, -0.15) is 0 Å². The van der Waals surface area contributed by atoms with Crippen LogP contribution >= 0.6 is 0 Å². The molecule has 0 saturated heterocycles. The molecule has 0 amide bonds. The predicted molar refractivity (Wildman–Crippen MR) is 145 cm³/mol. The lowest BCUT2D eigenvalue weighted by Crippen LogP contribution is -2.28. The van der Waals surface area contributed by atoms with E-state index in [1.54, 1.807) is 11.1 Å². The first kappa shape index (κ1) is 25.1. The summed E-state index contributed by atoms with van der Waals surface area (Å²) in [6.07, 6.45) is 32.6. The molecule has 0 heteroatoms. The Balaban J connectivity index is 1.47. The van der Waals surface area contributed by atoms with Gasteiger partial charge in [0.25, 0.3) is 0 Å². The van der Waals surface area contributed by atoms with Crippen molar-refractivity contribution in [1.29, 1.82) is 0 Å². The highest BCUT2D eigenvalue weighted by atomic mass is 14.4. The zero-order chi connectivity index (χ0) is 23.2. The van der Waals surface area contributed by atoms with Crippen LogP contribution in [0.5, 0.6) is 0 Å². The van der Waals surface area contributed by atoms with Crippen molar-refractivity contribution in [2.45, 2.75) is 118 Å². The summed E-state index contributed by atoms with van der Waals surface area (Å²) in [6, 6.07) is 0. The van der Waals surface area contributed by atoms with E-state index in [0.29, 0.717) is 5.92 Å². The van der Waals surface area contributed by atoms with Crippen LogP contribution in [0, 0.1) is 41.4 Å². The van der Waals surface area contributed by atoms with Gasteiger partial charge in [0.15, 0.2) is 0 Å². The normalized spacial score (nSPS) is 32.1. The number of hydrogen-bond acceptors (Lipinski definition) is 0. The van der Waals surface area contributed by atoms with Crippen LogP contribution in [-0.4, -0.2) is 0 Å². The Morgan fingerprint density at radius 1 is 0.970 bits per heavy atom. The van der Waals surface area contributed by atoms with E-state index >= 15 is 0 Å². The number of allylic oxidation sites excluding steroid dienone is 8. The summed E-state index contributed by atoms with van der Waals surface area (Å²) in [5, 5.41) is 0. The lowest BCUT2D eigenvalue weighted by molar-refractivity contribution is 0.170. The summed E-state index contributed by atoms with van der Waals surface area (Å²) in [5.41, 5.74) is 5.12. The third-order valence-corrected chi connectivity index (χ3v) is 9.42. The molecule has 4 rings (SSSR count). The van der Waals surface area contributed by atoms with E-state index in [9.17, 15) is 0 Å².